The molecule has 1 fully saturated rings. The van der Waals surface area contributed by atoms with Crippen LogP contribution in [-0.4, -0.2) is 28.1 Å². The van der Waals surface area contributed by atoms with E-state index in [1.807, 2.05) is 24.3 Å². The number of hydrogen-bond acceptors (Lipinski definition) is 6. The van der Waals surface area contributed by atoms with E-state index in [-0.39, 0.29) is 5.75 Å². The Kier molecular flexibility index (Phi) is 5.32. The Morgan fingerprint density at radius 1 is 1.04 bits per heavy atom. The van der Waals surface area contributed by atoms with Gasteiger partial charge in [-0.15, -0.1) is 0 Å². The van der Waals surface area contributed by atoms with Gasteiger partial charge in [-0.2, -0.15) is 4.98 Å². The highest BCUT2D eigenvalue weighted by atomic mass is 19.1. The minimum absolute atomic E-state index is 0.200. The Morgan fingerprint density at radius 3 is 2.61 bits per heavy atom. The summed E-state index contributed by atoms with van der Waals surface area (Å²) in [5.74, 6) is 0.883. The highest BCUT2D eigenvalue weighted by Gasteiger charge is 2.17. The molecule has 2 N–H and O–H groups in total. The van der Waals surface area contributed by atoms with Crippen LogP contribution >= 0.6 is 0 Å². The van der Waals surface area contributed by atoms with Crippen LogP contribution in [0.1, 0.15) is 25.7 Å². The summed E-state index contributed by atoms with van der Waals surface area (Å²) in [6.07, 6.45) is 6.39. The molecule has 0 unspecified atom stereocenters. The van der Waals surface area contributed by atoms with Crippen molar-refractivity contribution < 1.29 is 9.13 Å². The highest BCUT2D eigenvalue weighted by Crippen LogP contribution is 2.27. The van der Waals surface area contributed by atoms with Crippen molar-refractivity contribution in [1.29, 1.82) is 0 Å². The number of nitrogens with zero attached hydrogens (tertiary/aromatic N) is 3. The standard InChI is InChI=1S/C21H22FN5O/c1-28-19-10-9-15(12-16(19)22)24-20-13-18(17-8-4-5-11-23-17)26-21(27-20)25-14-6-2-3-7-14/h4-5,8-14H,2-3,6-7H2,1H3,(H2,24,25,26,27). The summed E-state index contributed by atoms with van der Waals surface area (Å²) in [7, 11) is 1.44. The Labute approximate surface area is 163 Å². The lowest BCUT2D eigenvalue weighted by atomic mass is 10.2. The van der Waals surface area contributed by atoms with Crippen molar-refractivity contribution in [3.63, 3.8) is 0 Å². The summed E-state index contributed by atoms with van der Waals surface area (Å²) >= 11 is 0. The van der Waals surface area contributed by atoms with Gasteiger partial charge in [0.15, 0.2) is 11.6 Å². The van der Waals surface area contributed by atoms with Gasteiger partial charge in [0.2, 0.25) is 5.95 Å². The Balaban J connectivity index is 1.65. The van der Waals surface area contributed by atoms with Crippen LogP contribution in [0.4, 0.5) is 21.8 Å². The first kappa shape index (κ1) is 18.2. The van der Waals surface area contributed by atoms with Crippen molar-refractivity contribution in [3.05, 3.63) is 54.5 Å². The summed E-state index contributed by atoms with van der Waals surface area (Å²) < 4.78 is 19.0. The van der Waals surface area contributed by atoms with Crippen molar-refractivity contribution in [1.82, 2.24) is 15.0 Å². The number of benzene rings is 1. The second-order valence-corrected chi connectivity index (χ2v) is 6.78. The smallest absolute Gasteiger partial charge is 0.225 e. The molecule has 7 heteroatoms. The molecule has 1 aliphatic rings. The highest BCUT2D eigenvalue weighted by molar-refractivity contribution is 5.65. The molecule has 28 heavy (non-hydrogen) atoms. The van der Waals surface area contributed by atoms with Gasteiger partial charge in [0.05, 0.1) is 18.5 Å². The number of methoxy groups -OCH3 is 1. The first-order chi connectivity index (χ1) is 13.7. The molecule has 0 aliphatic heterocycles. The predicted octanol–water partition coefficient (Wildman–Crippen LogP) is 4.78. The van der Waals surface area contributed by atoms with Gasteiger partial charge in [-0.3, -0.25) is 4.98 Å². The number of hydrogen-bond donors (Lipinski definition) is 2. The topological polar surface area (TPSA) is 72.0 Å². The zero-order chi connectivity index (χ0) is 19.3. The summed E-state index contributed by atoms with van der Waals surface area (Å²) in [6, 6.07) is 12.6. The van der Waals surface area contributed by atoms with Gasteiger partial charge in [0.1, 0.15) is 5.82 Å². The molecule has 2 heterocycles. The number of halogens is 1. The van der Waals surface area contributed by atoms with Gasteiger partial charge in [0.25, 0.3) is 0 Å². The van der Waals surface area contributed by atoms with Gasteiger partial charge in [-0.1, -0.05) is 18.9 Å². The third kappa shape index (κ3) is 4.19. The summed E-state index contributed by atoms with van der Waals surface area (Å²) in [5.41, 5.74) is 2.03. The molecule has 0 bridgehead atoms. The zero-order valence-corrected chi connectivity index (χ0v) is 15.7. The quantitative estimate of drug-likeness (QED) is 0.642. The molecule has 1 aromatic carbocycles. The van der Waals surface area contributed by atoms with Crippen LogP contribution in [0.3, 0.4) is 0 Å². The lowest BCUT2D eigenvalue weighted by molar-refractivity contribution is 0.386. The first-order valence-electron chi connectivity index (χ1n) is 9.39. The van der Waals surface area contributed by atoms with Crippen LogP contribution < -0.4 is 15.4 Å². The van der Waals surface area contributed by atoms with Crippen LogP contribution in [0.2, 0.25) is 0 Å². The van der Waals surface area contributed by atoms with E-state index in [9.17, 15) is 4.39 Å². The number of anilines is 3. The molecular formula is C21H22FN5O. The van der Waals surface area contributed by atoms with Crippen molar-refractivity contribution in [2.24, 2.45) is 0 Å². The fourth-order valence-electron chi connectivity index (χ4n) is 3.37. The lowest BCUT2D eigenvalue weighted by Gasteiger charge is -2.15. The molecule has 0 radical (unpaired) electrons. The Hall–Kier alpha value is -3.22. The molecule has 6 nitrogen and oxygen atoms in total. The summed E-state index contributed by atoms with van der Waals surface area (Å²) in [5, 5.41) is 6.58. The van der Waals surface area contributed by atoms with Gasteiger partial charge in [-0.25, -0.2) is 9.37 Å². The molecule has 4 rings (SSSR count). The van der Waals surface area contributed by atoms with Crippen LogP contribution in [-0.2, 0) is 0 Å². The van der Waals surface area contributed by atoms with Gasteiger partial charge in [0, 0.05) is 30.1 Å². The largest absolute Gasteiger partial charge is 0.494 e. The molecule has 2 aromatic heterocycles. The van der Waals surface area contributed by atoms with Gasteiger partial charge >= 0.3 is 0 Å². The van der Waals surface area contributed by atoms with E-state index < -0.39 is 5.82 Å². The number of pyridine rings is 1. The van der Waals surface area contributed by atoms with E-state index in [1.54, 1.807) is 18.3 Å². The van der Waals surface area contributed by atoms with Crippen LogP contribution in [0.15, 0.2) is 48.7 Å². The first-order valence-corrected chi connectivity index (χ1v) is 9.39. The third-order valence-electron chi connectivity index (χ3n) is 4.77. The van der Waals surface area contributed by atoms with Crippen LogP contribution in [0.5, 0.6) is 5.75 Å². The maximum absolute atomic E-state index is 14.0. The Morgan fingerprint density at radius 2 is 1.89 bits per heavy atom. The lowest BCUT2D eigenvalue weighted by Crippen LogP contribution is -2.17. The van der Waals surface area contributed by atoms with Crippen molar-refractivity contribution in [2.45, 2.75) is 31.7 Å². The molecule has 0 saturated heterocycles. The fourth-order valence-corrected chi connectivity index (χ4v) is 3.37. The number of rotatable bonds is 6. The van der Waals surface area contributed by atoms with Crippen molar-refractivity contribution >= 4 is 17.5 Å². The summed E-state index contributed by atoms with van der Waals surface area (Å²) in [6.45, 7) is 0. The van der Waals surface area contributed by atoms with E-state index in [1.165, 1.54) is 26.0 Å². The van der Waals surface area contributed by atoms with E-state index in [0.717, 1.165) is 18.5 Å². The van der Waals surface area contributed by atoms with Crippen LogP contribution in [0.25, 0.3) is 11.4 Å². The molecule has 1 saturated carbocycles. The van der Waals surface area contributed by atoms with Crippen molar-refractivity contribution in [2.75, 3.05) is 17.7 Å². The maximum atomic E-state index is 14.0. The van der Waals surface area contributed by atoms with E-state index in [2.05, 4.69) is 25.6 Å². The summed E-state index contributed by atoms with van der Waals surface area (Å²) in [4.78, 5) is 13.6. The molecule has 0 atom stereocenters. The number of aromatic nitrogens is 3. The molecule has 144 valence electrons. The Bertz CT molecular complexity index is 945. The molecule has 0 amide bonds. The van der Waals surface area contributed by atoms with Gasteiger partial charge in [-0.05, 0) is 37.1 Å². The molecule has 0 spiro atoms. The van der Waals surface area contributed by atoms with E-state index in [0.29, 0.717) is 29.2 Å². The number of nitrogens with one attached hydrogen (secondary N) is 2. The van der Waals surface area contributed by atoms with Crippen molar-refractivity contribution in [3.8, 4) is 17.1 Å². The maximum Gasteiger partial charge on any atom is 0.225 e. The van der Waals surface area contributed by atoms with Gasteiger partial charge < -0.3 is 15.4 Å². The molecule has 3 aromatic rings. The zero-order valence-electron chi connectivity index (χ0n) is 15.7. The second-order valence-electron chi connectivity index (χ2n) is 6.78. The number of ether oxygens (including phenoxy) is 1. The average Bonchev–Trinajstić information content (AvgIpc) is 3.22. The monoisotopic (exact) mass is 379 g/mol. The molecular weight excluding hydrogens is 357 g/mol. The predicted molar refractivity (Wildman–Crippen MR) is 107 cm³/mol. The normalized spacial score (nSPS) is 14.1. The third-order valence-corrected chi connectivity index (χ3v) is 4.77. The molecule has 1 aliphatic carbocycles. The second kappa shape index (κ2) is 8.21. The van der Waals surface area contributed by atoms with E-state index in [4.69, 9.17) is 4.74 Å². The minimum Gasteiger partial charge on any atom is -0.494 e. The van der Waals surface area contributed by atoms with E-state index >= 15 is 0 Å². The average molecular weight is 379 g/mol. The minimum atomic E-state index is -0.434. The fraction of sp³-hybridized carbons (Fsp3) is 0.286. The van der Waals surface area contributed by atoms with Crippen LogP contribution in [0, 0.1) is 5.82 Å². The SMILES string of the molecule is COc1ccc(Nc2cc(-c3ccccn3)nc(NC3CCCC3)n2)cc1F.